The minimum Gasteiger partial charge on any atom is -0.395 e. The summed E-state index contributed by atoms with van der Waals surface area (Å²) in [6.07, 6.45) is 2.50. The van der Waals surface area contributed by atoms with Crippen LogP contribution in [-0.4, -0.2) is 37.0 Å². The Morgan fingerprint density at radius 1 is 1.48 bits per heavy atom. The van der Waals surface area contributed by atoms with Crippen LogP contribution in [0.15, 0.2) is 28.7 Å². The molecule has 0 aliphatic carbocycles. The molecule has 0 spiro atoms. The summed E-state index contributed by atoms with van der Waals surface area (Å²) in [5, 5.41) is 9.37. The Bertz CT molecular complexity index is 579. The third-order valence-electron chi connectivity index (χ3n) is 3.77. The zero-order chi connectivity index (χ0) is 15.5. The monoisotopic (exact) mass is 376 g/mol. The maximum atomic E-state index is 12.5. The van der Waals surface area contributed by atoms with Crippen LogP contribution in [0, 0.1) is 0 Å². The largest absolute Gasteiger partial charge is 0.395 e. The lowest BCUT2D eigenvalue weighted by Crippen LogP contribution is -2.50. The number of hydrogen-bond donors (Lipinski definition) is 2. The van der Waals surface area contributed by atoms with Gasteiger partial charge in [-0.3, -0.25) is 0 Å². The molecule has 118 valence electrons. The second-order valence-corrected chi connectivity index (χ2v) is 7.91. The quantitative estimate of drug-likeness (QED) is 0.827. The molecule has 1 aliphatic heterocycles. The Kier molecular flexibility index (Phi) is 5.79. The van der Waals surface area contributed by atoms with Gasteiger partial charge in [-0.15, -0.1) is 0 Å². The summed E-state index contributed by atoms with van der Waals surface area (Å²) in [4.78, 5) is 0. The van der Waals surface area contributed by atoms with Crippen LogP contribution in [0.3, 0.4) is 0 Å². The Balaban J connectivity index is 2.12. The van der Waals surface area contributed by atoms with Crippen LogP contribution < -0.4 is 4.72 Å². The average Bonchev–Trinajstić information content (AvgIpc) is 2.46. The lowest BCUT2D eigenvalue weighted by molar-refractivity contribution is 0.153. The molecule has 21 heavy (non-hydrogen) atoms. The van der Waals surface area contributed by atoms with Crippen molar-refractivity contribution in [2.24, 2.45) is 0 Å². The van der Waals surface area contributed by atoms with Crippen LogP contribution in [0.25, 0.3) is 0 Å². The zero-order valence-electron chi connectivity index (χ0n) is 12.0. The molecule has 1 heterocycles. The summed E-state index contributed by atoms with van der Waals surface area (Å²) in [6.45, 7) is 2.15. The van der Waals surface area contributed by atoms with Crippen molar-refractivity contribution in [1.29, 1.82) is 0 Å². The number of benzene rings is 1. The van der Waals surface area contributed by atoms with Gasteiger partial charge in [-0.1, -0.05) is 34.5 Å². The van der Waals surface area contributed by atoms with Crippen molar-refractivity contribution < 1.29 is 13.5 Å². The first-order chi connectivity index (χ1) is 9.94. The smallest absolute Gasteiger partial charge is 0.280 e. The van der Waals surface area contributed by atoms with Crippen molar-refractivity contribution >= 4 is 26.1 Å². The highest BCUT2D eigenvalue weighted by atomic mass is 79.9. The molecule has 0 amide bonds. The van der Waals surface area contributed by atoms with Gasteiger partial charge < -0.3 is 5.11 Å². The van der Waals surface area contributed by atoms with Crippen LogP contribution in [0.4, 0.5) is 0 Å². The maximum absolute atomic E-state index is 12.5. The fraction of sp³-hybridized carbons (Fsp3) is 0.571. The Labute approximate surface area is 134 Å². The summed E-state index contributed by atoms with van der Waals surface area (Å²) in [5.74, 6) is 0. The number of nitrogens with one attached hydrogen (secondary N) is 1. The molecule has 2 unspecified atom stereocenters. The minimum atomic E-state index is -3.60. The molecule has 2 rings (SSSR count). The van der Waals surface area contributed by atoms with E-state index in [0.717, 1.165) is 22.9 Å². The van der Waals surface area contributed by atoms with Crippen molar-refractivity contribution in [1.82, 2.24) is 9.03 Å². The number of nitrogens with zero attached hydrogens (tertiary/aromatic N) is 1. The van der Waals surface area contributed by atoms with Gasteiger partial charge in [0, 0.05) is 23.1 Å². The van der Waals surface area contributed by atoms with Gasteiger partial charge in [-0.2, -0.15) is 17.4 Å². The van der Waals surface area contributed by atoms with E-state index in [1.54, 1.807) is 0 Å². The molecule has 1 fully saturated rings. The second-order valence-electron chi connectivity index (χ2n) is 5.34. The maximum Gasteiger partial charge on any atom is 0.280 e. The lowest BCUT2D eigenvalue weighted by Gasteiger charge is -2.34. The summed E-state index contributed by atoms with van der Waals surface area (Å²) < 4.78 is 30.0. The molecule has 0 bridgehead atoms. The Morgan fingerprint density at radius 3 is 2.90 bits per heavy atom. The molecule has 1 aromatic rings. The molecular weight excluding hydrogens is 356 g/mol. The van der Waals surface area contributed by atoms with E-state index in [0.29, 0.717) is 13.0 Å². The van der Waals surface area contributed by atoms with Crippen molar-refractivity contribution in [2.45, 2.75) is 38.3 Å². The number of hydrogen-bond acceptors (Lipinski definition) is 3. The van der Waals surface area contributed by atoms with Crippen LogP contribution in [-0.2, 0) is 10.2 Å². The predicted octanol–water partition coefficient (Wildman–Crippen LogP) is 2.19. The van der Waals surface area contributed by atoms with E-state index < -0.39 is 10.2 Å². The van der Waals surface area contributed by atoms with Gasteiger partial charge in [0.1, 0.15) is 0 Å². The average molecular weight is 377 g/mol. The zero-order valence-corrected chi connectivity index (χ0v) is 14.4. The third-order valence-corrected chi connectivity index (χ3v) is 6.01. The molecule has 0 aromatic heterocycles. The van der Waals surface area contributed by atoms with E-state index in [4.69, 9.17) is 0 Å². The number of aliphatic hydroxyl groups excluding tert-OH is 1. The fourth-order valence-corrected chi connectivity index (χ4v) is 4.68. The van der Waals surface area contributed by atoms with Crippen LogP contribution >= 0.6 is 15.9 Å². The lowest BCUT2D eigenvalue weighted by atomic mass is 10.1. The summed E-state index contributed by atoms with van der Waals surface area (Å²) in [6, 6.07) is 6.92. The molecule has 1 aliphatic rings. The van der Waals surface area contributed by atoms with E-state index >= 15 is 0 Å². The van der Waals surface area contributed by atoms with Gasteiger partial charge in [-0.25, -0.2) is 0 Å². The Hall–Kier alpha value is -0.470. The van der Waals surface area contributed by atoms with Gasteiger partial charge in [0.05, 0.1) is 6.61 Å². The molecule has 0 radical (unpaired) electrons. The van der Waals surface area contributed by atoms with Crippen molar-refractivity contribution in [3.05, 3.63) is 34.3 Å². The van der Waals surface area contributed by atoms with Gasteiger partial charge in [-0.05, 0) is 37.5 Å². The molecular formula is C14H21BrN2O3S. The highest BCUT2D eigenvalue weighted by Crippen LogP contribution is 2.23. The van der Waals surface area contributed by atoms with Gasteiger partial charge in [0.15, 0.2) is 0 Å². The third kappa shape index (κ3) is 4.26. The number of aliphatic hydroxyl groups is 1. The highest BCUT2D eigenvalue weighted by molar-refractivity contribution is 9.10. The molecule has 2 atom stereocenters. The number of halogens is 1. The van der Waals surface area contributed by atoms with E-state index in [1.807, 2.05) is 31.2 Å². The van der Waals surface area contributed by atoms with Gasteiger partial charge >= 0.3 is 0 Å². The van der Waals surface area contributed by atoms with Crippen LogP contribution in [0.5, 0.6) is 0 Å². The molecule has 5 nitrogen and oxygen atoms in total. The van der Waals surface area contributed by atoms with E-state index in [1.165, 1.54) is 4.31 Å². The standard InChI is InChI=1S/C14H21BrN2O3S/c1-11(12-5-4-6-13(15)9-12)16-21(19,20)17-8-3-2-7-14(17)10-18/h4-6,9,11,14,16,18H,2-3,7-8,10H2,1H3. The summed E-state index contributed by atoms with van der Waals surface area (Å²) in [7, 11) is -3.60. The molecule has 1 aromatic carbocycles. The molecule has 1 saturated heterocycles. The number of rotatable bonds is 5. The predicted molar refractivity (Wildman–Crippen MR) is 86.0 cm³/mol. The van der Waals surface area contributed by atoms with E-state index in [-0.39, 0.29) is 18.7 Å². The highest BCUT2D eigenvalue weighted by Gasteiger charge is 2.32. The first-order valence-corrected chi connectivity index (χ1v) is 9.33. The van der Waals surface area contributed by atoms with Crippen molar-refractivity contribution in [3.63, 3.8) is 0 Å². The molecule has 0 saturated carbocycles. The van der Waals surface area contributed by atoms with Gasteiger partial charge in [0.2, 0.25) is 0 Å². The van der Waals surface area contributed by atoms with Crippen molar-refractivity contribution in [2.75, 3.05) is 13.2 Å². The fourth-order valence-electron chi connectivity index (χ4n) is 2.61. The first kappa shape index (κ1) is 16.9. The summed E-state index contributed by atoms with van der Waals surface area (Å²) in [5.41, 5.74) is 0.894. The topological polar surface area (TPSA) is 69.6 Å². The first-order valence-electron chi connectivity index (χ1n) is 7.09. The Morgan fingerprint density at radius 2 is 2.24 bits per heavy atom. The minimum absolute atomic E-state index is 0.133. The SMILES string of the molecule is CC(NS(=O)(=O)N1CCCCC1CO)c1cccc(Br)c1. The normalized spacial score (nSPS) is 22.1. The van der Waals surface area contributed by atoms with Crippen LogP contribution in [0.1, 0.15) is 37.8 Å². The molecule has 7 heteroatoms. The van der Waals surface area contributed by atoms with Crippen LogP contribution in [0.2, 0.25) is 0 Å². The van der Waals surface area contributed by atoms with Crippen molar-refractivity contribution in [3.8, 4) is 0 Å². The van der Waals surface area contributed by atoms with E-state index in [9.17, 15) is 13.5 Å². The van der Waals surface area contributed by atoms with Gasteiger partial charge in [0.25, 0.3) is 10.2 Å². The number of piperidine rings is 1. The second kappa shape index (κ2) is 7.19. The molecule has 2 N–H and O–H groups in total. The van der Waals surface area contributed by atoms with E-state index in [2.05, 4.69) is 20.7 Å². The summed E-state index contributed by atoms with van der Waals surface area (Å²) >= 11 is 3.39.